The summed E-state index contributed by atoms with van der Waals surface area (Å²) in [7, 11) is 1.51. The van der Waals surface area contributed by atoms with E-state index < -0.39 is 6.03 Å². The normalized spacial score (nSPS) is 10.1. The minimum Gasteiger partial charge on any atom is -0.495 e. The number of rotatable bonds is 5. The predicted octanol–water partition coefficient (Wildman–Crippen LogP) is 3.08. The summed E-state index contributed by atoms with van der Waals surface area (Å²) in [6, 6.07) is 9.65. The molecular weight excluding hydrogens is 330 g/mol. The van der Waals surface area contributed by atoms with Crippen molar-refractivity contribution < 1.29 is 14.3 Å². The molecule has 2 aromatic carbocycles. The van der Waals surface area contributed by atoms with Gasteiger partial charge in [-0.2, -0.15) is 0 Å². The molecular formula is C17H18ClN3O3. The number of methoxy groups -OCH3 is 1. The lowest BCUT2D eigenvalue weighted by Crippen LogP contribution is -2.28. The van der Waals surface area contributed by atoms with E-state index in [1.165, 1.54) is 7.11 Å². The number of aryl methyl sites for hydroxylation is 1. The van der Waals surface area contributed by atoms with Gasteiger partial charge >= 0.3 is 6.03 Å². The molecule has 7 heteroatoms. The minimum atomic E-state index is -0.595. The summed E-state index contributed by atoms with van der Waals surface area (Å²) in [5.74, 6) is 0.214. The number of hydrogen-bond acceptors (Lipinski definition) is 3. The fraction of sp³-hybridized carbons (Fsp3) is 0.176. The third-order valence-corrected chi connectivity index (χ3v) is 3.82. The van der Waals surface area contributed by atoms with E-state index in [0.717, 1.165) is 11.1 Å². The zero-order chi connectivity index (χ0) is 17.7. The molecule has 0 saturated carbocycles. The molecule has 0 aliphatic heterocycles. The monoisotopic (exact) mass is 347 g/mol. The fourth-order valence-corrected chi connectivity index (χ4v) is 2.24. The number of anilines is 1. The average molecular weight is 348 g/mol. The first kappa shape index (κ1) is 17.6. The van der Waals surface area contributed by atoms with Crippen LogP contribution < -0.4 is 21.1 Å². The molecule has 0 heterocycles. The number of carbonyl (C=O) groups is 2. The Bertz CT molecular complexity index is 760. The quantitative estimate of drug-likeness (QED) is 0.775. The van der Waals surface area contributed by atoms with E-state index in [2.05, 4.69) is 10.6 Å². The SMILES string of the molecule is COc1cc(Cl)c(C)cc1NC(=O)c1ccc(CNC(N)=O)cc1. The van der Waals surface area contributed by atoms with Crippen molar-refractivity contribution >= 4 is 29.2 Å². The number of benzene rings is 2. The van der Waals surface area contributed by atoms with Crippen LogP contribution in [0, 0.1) is 6.92 Å². The van der Waals surface area contributed by atoms with Gasteiger partial charge in [0, 0.05) is 23.2 Å². The number of nitrogens with two attached hydrogens (primary N) is 1. The van der Waals surface area contributed by atoms with E-state index in [-0.39, 0.29) is 5.91 Å². The van der Waals surface area contributed by atoms with Gasteiger partial charge in [-0.1, -0.05) is 23.7 Å². The highest BCUT2D eigenvalue weighted by molar-refractivity contribution is 6.31. The van der Waals surface area contributed by atoms with Crippen molar-refractivity contribution in [1.29, 1.82) is 0 Å². The second-order valence-corrected chi connectivity index (χ2v) is 5.58. The number of urea groups is 1. The fourth-order valence-electron chi connectivity index (χ4n) is 2.09. The van der Waals surface area contributed by atoms with E-state index >= 15 is 0 Å². The lowest BCUT2D eigenvalue weighted by atomic mass is 10.1. The van der Waals surface area contributed by atoms with Crippen LogP contribution in [0.5, 0.6) is 5.75 Å². The lowest BCUT2D eigenvalue weighted by Gasteiger charge is -2.12. The van der Waals surface area contributed by atoms with Gasteiger partial charge in [0.05, 0.1) is 12.8 Å². The molecule has 6 nitrogen and oxygen atoms in total. The van der Waals surface area contributed by atoms with Crippen molar-refractivity contribution in [3.63, 3.8) is 0 Å². The molecule has 2 rings (SSSR count). The van der Waals surface area contributed by atoms with Crippen LogP contribution >= 0.6 is 11.6 Å². The average Bonchev–Trinajstić information content (AvgIpc) is 2.56. The zero-order valence-corrected chi connectivity index (χ0v) is 14.1. The lowest BCUT2D eigenvalue weighted by molar-refractivity contribution is 0.102. The second kappa shape index (κ2) is 7.70. The van der Waals surface area contributed by atoms with E-state index in [0.29, 0.717) is 28.6 Å². The molecule has 2 aromatic rings. The number of primary amides is 1. The van der Waals surface area contributed by atoms with Crippen molar-refractivity contribution in [2.45, 2.75) is 13.5 Å². The second-order valence-electron chi connectivity index (χ2n) is 5.17. The number of nitrogens with one attached hydrogen (secondary N) is 2. The molecule has 24 heavy (non-hydrogen) atoms. The van der Waals surface area contributed by atoms with Crippen molar-refractivity contribution in [2.24, 2.45) is 5.73 Å². The molecule has 0 spiro atoms. The van der Waals surface area contributed by atoms with Gasteiger partial charge in [0.25, 0.3) is 5.91 Å². The Kier molecular flexibility index (Phi) is 5.65. The van der Waals surface area contributed by atoms with Crippen LogP contribution in [0.25, 0.3) is 0 Å². The van der Waals surface area contributed by atoms with Gasteiger partial charge in [-0.05, 0) is 36.2 Å². The molecule has 0 bridgehead atoms. The largest absolute Gasteiger partial charge is 0.495 e. The Morgan fingerprint density at radius 2 is 1.88 bits per heavy atom. The number of hydrogen-bond donors (Lipinski definition) is 3. The van der Waals surface area contributed by atoms with Gasteiger partial charge in [0.1, 0.15) is 5.75 Å². The maximum Gasteiger partial charge on any atom is 0.312 e. The van der Waals surface area contributed by atoms with Gasteiger partial charge in [0.15, 0.2) is 0 Å². The van der Waals surface area contributed by atoms with E-state index in [1.807, 2.05) is 6.92 Å². The maximum atomic E-state index is 12.4. The Morgan fingerprint density at radius 3 is 2.46 bits per heavy atom. The molecule has 0 aliphatic carbocycles. The van der Waals surface area contributed by atoms with Crippen LogP contribution in [-0.2, 0) is 6.54 Å². The summed E-state index contributed by atoms with van der Waals surface area (Å²) in [4.78, 5) is 23.1. The van der Waals surface area contributed by atoms with Crippen molar-refractivity contribution in [1.82, 2.24) is 5.32 Å². The van der Waals surface area contributed by atoms with Gasteiger partial charge < -0.3 is 21.1 Å². The van der Waals surface area contributed by atoms with Gasteiger partial charge in [-0.25, -0.2) is 4.79 Å². The third-order valence-electron chi connectivity index (χ3n) is 3.41. The van der Waals surface area contributed by atoms with Crippen LogP contribution in [0.4, 0.5) is 10.5 Å². The molecule has 0 aliphatic rings. The Morgan fingerprint density at radius 1 is 1.21 bits per heavy atom. The van der Waals surface area contributed by atoms with Crippen LogP contribution in [0.2, 0.25) is 5.02 Å². The molecule has 0 fully saturated rings. The first-order valence-electron chi connectivity index (χ1n) is 7.18. The van der Waals surface area contributed by atoms with Crippen molar-refractivity contribution in [3.05, 3.63) is 58.1 Å². The Labute approximate surface area is 144 Å². The molecule has 0 radical (unpaired) electrons. The minimum absolute atomic E-state index is 0.274. The van der Waals surface area contributed by atoms with Crippen LogP contribution in [0.15, 0.2) is 36.4 Å². The van der Waals surface area contributed by atoms with E-state index in [1.54, 1.807) is 36.4 Å². The smallest absolute Gasteiger partial charge is 0.312 e. The highest BCUT2D eigenvalue weighted by atomic mass is 35.5. The summed E-state index contributed by atoms with van der Waals surface area (Å²) in [5.41, 5.74) is 7.72. The van der Waals surface area contributed by atoms with Gasteiger partial charge in [-0.15, -0.1) is 0 Å². The standard InChI is InChI=1S/C17H18ClN3O3/c1-10-7-14(15(24-2)8-13(10)18)21-16(22)12-5-3-11(4-6-12)9-20-17(19)23/h3-8H,9H2,1-2H3,(H,21,22)(H3,19,20,23). The number of ether oxygens (including phenoxy) is 1. The van der Waals surface area contributed by atoms with Crippen molar-refractivity contribution in [3.8, 4) is 5.75 Å². The van der Waals surface area contributed by atoms with Crippen molar-refractivity contribution in [2.75, 3.05) is 12.4 Å². The molecule has 0 atom stereocenters. The Hall–Kier alpha value is -2.73. The van der Waals surface area contributed by atoms with Crippen LogP contribution in [-0.4, -0.2) is 19.0 Å². The van der Waals surface area contributed by atoms with E-state index in [4.69, 9.17) is 22.1 Å². The first-order valence-corrected chi connectivity index (χ1v) is 7.56. The van der Waals surface area contributed by atoms with Crippen LogP contribution in [0.3, 0.4) is 0 Å². The molecule has 0 aromatic heterocycles. The van der Waals surface area contributed by atoms with Gasteiger partial charge in [-0.3, -0.25) is 4.79 Å². The Balaban J connectivity index is 2.12. The first-order chi connectivity index (χ1) is 11.4. The number of carbonyl (C=O) groups excluding carboxylic acids is 2. The summed E-state index contributed by atoms with van der Waals surface area (Å²) in [6.45, 7) is 2.15. The molecule has 0 saturated heterocycles. The summed E-state index contributed by atoms with van der Waals surface area (Å²) in [5, 5.41) is 5.86. The third kappa shape index (κ3) is 4.39. The van der Waals surface area contributed by atoms with E-state index in [9.17, 15) is 9.59 Å². The highest BCUT2D eigenvalue weighted by Gasteiger charge is 2.12. The summed E-state index contributed by atoms with van der Waals surface area (Å²) >= 11 is 6.06. The molecule has 0 unspecified atom stereocenters. The molecule has 126 valence electrons. The van der Waals surface area contributed by atoms with Crippen LogP contribution in [0.1, 0.15) is 21.5 Å². The van der Waals surface area contributed by atoms with Gasteiger partial charge in [0.2, 0.25) is 0 Å². The highest BCUT2D eigenvalue weighted by Crippen LogP contribution is 2.31. The topological polar surface area (TPSA) is 93.4 Å². The summed E-state index contributed by atoms with van der Waals surface area (Å²) < 4.78 is 5.24. The zero-order valence-electron chi connectivity index (χ0n) is 13.4. The maximum absolute atomic E-state index is 12.4. The number of halogens is 1. The summed E-state index contributed by atoms with van der Waals surface area (Å²) in [6.07, 6.45) is 0. The predicted molar refractivity (Wildman–Crippen MR) is 93.6 cm³/mol. The molecule has 4 N–H and O–H groups in total. The molecule has 3 amide bonds. The number of amides is 3.